The van der Waals surface area contributed by atoms with E-state index in [0.717, 1.165) is 0 Å². The highest BCUT2D eigenvalue weighted by molar-refractivity contribution is 6.04. The van der Waals surface area contributed by atoms with Crippen molar-refractivity contribution in [3.05, 3.63) is 18.2 Å². The summed E-state index contributed by atoms with van der Waals surface area (Å²) in [5.41, 5.74) is 0. The first-order valence-corrected chi connectivity index (χ1v) is 7.53. The van der Waals surface area contributed by atoms with Crippen LogP contribution in [0.2, 0.25) is 0 Å². The van der Waals surface area contributed by atoms with Gasteiger partial charge >= 0.3 is 5.97 Å². The molecule has 6 heteroatoms. The van der Waals surface area contributed by atoms with Gasteiger partial charge in [-0.25, -0.2) is 0 Å². The number of benzene rings is 2. The van der Waals surface area contributed by atoms with E-state index in [1.165, 1.54) is 6.92 Å². The fraction of sp³-hybridized carbons (Fsp3) is 0.389. The molecule has 0 saturated carbocycles. The van der Waals surface area contributed by atoms with Crippen LogP contribution in [0.3, 0.4) is 0 Å². The Labute approximate surface area is 141 Å². The standard InChI is InChI=1S/C18H22O6/c1-10(2)23-18-15(22-6)9-14(21-5)16-12(20-4)7-8-13(17(16)18)24-11(3)19/h7-10H,1-6H3. The third-order valence-electron chi connectivity index (χ3n) is 3.36. The van der Waals surface area contributed by atoms with Crippen LogP contribution in [0.15, 0.2) is 18.2 Å². The molecule has 2 rings (SSSR count). The van der Waals surface area contributed by atoms with Crippen molar-refractivity contribution in [3.8, 4) is 28.7 Å². The molecule has 0 atom stereocenters. The average Bonchev–Trinajstić information content (AvgIpc) is 2.54. The fourth-order valence-corrected chi connectivity index (χ4v) is 2.49. The highest BCUT2D eigenvalue weighted by atomic mass is 16.5. The molecule has 0 bridgehead atoms. The van der Waals surface area contributed by atoms with E-state index in [4.69, 9.17) is 23.7 Å². The number of carbonyl (C=O) groups excluding carboxylic acids is 1. The van der Waals surface area contributed by atoms with Crippen LogP contribution in [-0.4, -0.2) is 33.4 Å². The van der Waals surface area contributed by atoms with Gasteiger partial charge in [0, 0.05) is 13.0 Å². The molecule has 0 fully saturated rings. The van der Waals surface area contributed by atoms with Gasteiger partial charge in [0.15, 0.2) is 11.5 Å². The molecule has 24 heavy (non-hydrogen) atoms. The van der Waals surface area contributed by atoms with E-state index in [-0.39, 0.29) is 6.10 Å². The number of hydrogen-bond donors (Lipinski definition) is 0. The maximum absolute atomic E-state index is 11.5. The van der Waals surface area contributed by atoms with Crippen LogP contribution in [0, 0.1) is 0 Å². The van der Waals surface area contributed by atoms with Crippen molar-refractivity contribution in [1.82, 2.24) is 0 Å². The third kappa shape index (κ3) is 3.32. The van der Waals surface area contributed by atoms with E-state index < -0.39 is 5.97 Å². The second kappa shape index (κ2) is 7.29. The number of hydrogen-bond acceptors (Lipinski definition) is 6. The fourth-order valence-electron chi connectivity index (χ4n) is 2.49. The molecule has 0 unspecified atom stereocenters. The molecule has 0 spiro atoms. The Balaban J connectivity index is 2.95. The molecule has 0 radical (unpaired) electrons. The highest BCUT2D eigenvalue weighted by Gasteiger charge is 2.23. The van der Waals surface area contributed by atoms with Crippen LogP contribution >= 0.6 is 0 Å². The van der Waals surface area contributed by atoms with Crippen molar-refractivity contribution in [2.24, 2.45) is 0 Å². The monoisotopic (exact) mass is 334 g/mol. The number of rotatable bonds is 6. The van der Waals surface area contributed by atoms with Crippen LogP contribution in [0.4, 0.5) is 0 Å². The minimum absolute atomic E-state index is 0.105. The average molecular weight is 334 g/mol. The maximum Gasteiger partial charge on any atom is 0.308 e. The first kappa shape index (κ1) is 17.7. The lowest BCUT2D eigenvalue weighted by Gasteiger charge is -2.20. The number of fused-ring (bicyclic) bond motifs is 1. The Morgan fingerprint density at radius 2 is 1.46 bits per heavy atom. The number of methoxy groups -OCH3 is 3. The van der Waals surface area contributed by atoms with Crippen LogP contribution in [0.1, 0.15) is 20.8 Å². The summed E-state index contributed by atoms with van der Waals surface area (Å²) in [6, 6.07) is 5.10. The van der Waals surface area contributed by atoms with E-state index in [9.17, 15) is 4.79 Å². The molecule has 0 aromatic heterocycles. The molecule has 0 aliphatic carbocycles. The topological polar surface area (TPSA) is 63.2 Å². The third-order valence-corrected chi connectivity index (χ3v) is 3.36. The normalized spacial score (nSPS) is 10.6. The molecule has 0 heterocycles. The van der Waals surface area contributed by atoms with Gasteiger partial charge in [-0.05, 0) is 26.0 Å². The molecule has 0 amide bonds. The molecule has 0 aliphatic rings. The van der Waals surface area contributed by atoms with Gasteiger partial charge in [0.1, 0.15) is 17.2 Å². The molecule has 0 aliphatic heterocycles. The van der Waals surface area contributed by atoms with Crippen molar-refractivity contribution >= 4 is 16.7 Å². The minimum Gasteiger partial charge on any atom is -0.496 e. The summed E-state index contributed by atoms with van der Waals surface area (Å²) in [5.74, 6) is 1.98. The van der Waals surface area contributed by atoms with Crippen molar-refractivity contribution in [2.75, 3.05) is 21.3 Å². The summed E-state index contributed by atoms with van der Waals surface area (Å²) in [4.78, 5) is 11.5. The van der Waals surface area contributed by atoms with Gasteiger partial charge in [0.05, 0.1) is 38.2 Å². The van der Waals surface area contributed by atoms with Crippen LogP contribution in [0.25, 0.3) is 10.8 Å². The van der Waals surface area contributed by atoms with E-state index in [1.54, 1.807) is 39.5 Å². The van der Waals surface area contributed by atoms with Gasteiger partial charge in [0.25, 0.3) is 0 Å². The predicted octanol–water partition coefficient (Wildman–Crippen LogP) is 3.58. The quantitative estimate of drug-likeness (QED) is 0.594. The Morgan fingerprint density at radius 3 is 1.96 bits per heavy atom. The van der Waals surface area contributed by atoms with Crippen molar-refractivity contribution in [3.63, 3.8) is 0 Å². The first-order valence-electron chi connectivity index (χ1n) is 7.53. The number of esters is 1. The van der Waals surface area contributed by atoms with Crippen molar-refractivity contribution < 1.29 is 28.5 Å². The van der Waals surface area contributed by atoms with Crippen molar-refractivity contribution in [1.29, 1.82) is 0 Å². The van der Waals surface area contributed by atoms with Gasteiger partial charge in [0.2, 0.25) is 0 Å². The van der Waals surface area contributed by atoms with Crippen molar-refractivity contribution in [2.45, 2.75) is 26.9 Å². The van der Waals surface area contributed by atoms with E-state index in [1.807, 2.05) is 13.8 Å². The summed E-state index contributed by atoms with van der Waals surface area (Å²) in [6.07, 6.45) is -0.105. The Morgan fingerprint density at radius 1 is 0.875 bits per heavy atom. The van der Waals surface area contributed by atoms with Crippen LogP contribution in [-0.2, 0) is 4.79 Å². The van der Waals surface area contributed by atoms with Crippen LogP contribution in [0.5, 0.6) is 28.7 Å². The molecule has 0 N–H and O–H groups in total. The summed E-state index contributed by atoms with van der Waals surface area (Å²) < 4.78 is 27.7. The van der Waals surface area contributed by atoms with E-state index in [2.05, 4.69) is 0 Å². The second-order valence-electron chi connectivity index (χ2n) is 5.39. The lowest BCUT2D eigenvalue weighted by molar-refractivity contribution is -0.131. The molecule has 130 valence electrons. The Hall–Kier alpha value is -2.63. The van der Waals surface area contributed by atoms with E-state index in [0.29, 0.717) is 39.5 Å². The largest absolute Gasteiger partial charge is 0.496 e. The minimum atomic E-state index is -0.432. The molecule has 6 nitrogen and oxygen atoms in total. The second-order valence-corrected chi connectivity index (χ2v) is 5.39. The van der Waals surface area contributed by atoms with Gasteiger partial charge < -0.3 is 23.7 Å². The molecule has 2 aromatic carbocycles. The first-order chi connectivity index (χ1) is 11.4. The SMILES string of the molecule is COc1cc(OC)c2c(OC)ccc(OC(C)=O)c2c1OC(C)C. The molecule has 2 aromatic rings. The molecule has 0 saturated heterocycles. The Kier molecular flexibility index (Phi) is 5.39. The number of ether oxygens (including phenoxy) is 5. The summed E-state index contributed by atoms with van der Waals surface area (Å²) in [7, 11) is 4.65. The lowest BCUT2D eigenvalue weighted by atomic mass is 10.0. The van der Waals surface area contributed by atoms with Crippen LogP contribution < -0.4 is 23.7 Å². The smallest absolute Gasteiger partial charge is 0.308 e. The summed E-state index contributed by atoms with van der Waals surface area (Å²) in [5, 5.41) is 1.21. The molecular weight excluding hydrogens is 312 g/mol. The maximum atomic E-state index is 11.5. The number of carbonyl (C=O) groups is 1. The summed E-state index contributed by atoms with van der Waals surface area (Å²) in [6.45, 7) is 5.15. The highest BCUT2D eigenvalue weighted by Crippen LogP contribution is 2.49. The zero-order valence-corrected chi connectivity index (χ0v) is 14.8. The van der Waals surface area contributed by atoms with Gasteiger partial charge in [-0.1, -0.05) is 0 Å². The lowest BCUT2D eigenvalue weighted by Crippen LogP contribution is -2.09. The van der Waals surface area contributed by atoms with Gasteiger partial charge in [-0.3, -0.25) is 4.79 Å². The van der Waals surface area contributed by atoms with Gasteiger partial charge in [-0.2, -0.15) is 0 Å². The zero-order valence-electron chi connectivity index (χ0n) is 14.8. The summed E-state index contributed by atoms with van der Waals surface area (Å²) >= 11 is 0. The zero-order chi connectivity index (χ0) is 17.9. The molecular formula is C18H22O6. The predicted molar refractivity (Wildman–Crippen MR) is 90.7 cm³/mol. The Bertz CT molecular complexity index is 751. The van der Waals surface area contributed by atoms with Gasteiger partial charge in [-0.15, -0.1) is 0 Å². The van der Waals surface area contributed by atoms with E-state index >= 15 is 0 Å².